The molecular weight excluding hydrogens is 295 g/mol. The fraction of sp³-hybridized carbons (Fsp3) is 0.182. The maximum atomic E-state index is 11.2. The molecule has 1 aromatic carbocycles. The number of amides is 1. The summed E-state index contributed by atoms with van der Waals surface area (Å²) in [4.78, 5) is 33.6. The first kappa shape index (κ1) is 16.3. The zero-order valence-corrected chi connectivity index (χ0v) is 10.6. The normalized spacial score (nSPS) is 10.9. The number of carbonyl (C=O) groups excluding carboxylic acids is 1. The number of fused-ring (bicyclic) bond motifs is 1. The lowest BCUT2D eigenvalue weighted by atomic mass is 10.2. The number of benzene rings is 1. The molecule has 21 heavy (non-hydrogen) atoms. The molecule has 2 rings (SSSR count). The second-order valence-electron chi connectivity index (χ2n) is 3.89. The molecule has 114 valence electrons. The minimum absolute atomic E-state index is 0.207. The van der Waals surface area contributed by atoms with Crippen molar-refractivity contribution in [3.63, 3.8) is 0 Å². The molecule has 0 unspecified atom stereocenters. The van der Waals surface area contributed by atoms with Crippen molar-refractivity contribution in [2.24, 2.45) is 12.8 Å². The Bertz CT molecular complexity index is 745. The van der Waals surface area contributed by atoms with Gasteiger partial charge in [-0.2, -0.15) is 13.2 Å². The molecule has 1 aromatic heterocycles. The molecule has 4 N–H and O–H groups in total. The molecule has 0 atom stereocenters. The van der Waals surface area contributed by atoms with Gasteiger partial charge in [-0.15, -0.1) is 0 Å². The summed E-state index contributed by atoms with van der Waals surface area (Å²) in [5.74, 6) is -3.26. The van der Waals surface area contributed by atoms with Gasteiger partial charge in [0.1, 0.15) is 0 Å². The summed E-state index contributed by atoms with van der Waals surface area (Å²) in [7, 11) is 1.66. The van der Waals surface area contributed by atoms with Crippen molar-refractivity contribution in [3.05, 3.63) is 34.2 Å². The highest BCUT2D eigenvalue weighted by Gasteiger charge is 2.38. The van der Waals surface area contributed by atoms with E-state index in [1.165, 1.54) is 4.57 Å². The summed E-state index contributed by atoms with van der Waals surface area (Å²) in [6, 6.07) is 4.85. The minimum atomic E-state index is -5.08. The van der Waals surface area contributed by atoms with Crippen LogP contribution < -0.4 is 11.4 Å². The van der Waals surface area contributed by atoms with Crippen molar-refractivity contribution in [2.45, 2.75) is 6.18 Å². The molecule has 0 bridgehead atoms. The van der Waals surface area contributed by atoms with Crippen molar-refractivity contribution >= 4 is 22.9 Å². The van der Waals surface area contributed by atoms with Crippen LogP contribution in [-0.2, 0) is 11.8 Å². The van der Waals surface area contributed by atoms with Crippen molar-refractivity contribution in [2.75, 3.05) is 0 Å². The second kappa shape index (κ2) is 5.69. The molecule has 0 radical (unpaired) electrons. The van der Waals surface area contributed by atoms with Gasteiger partial charge in [-0.25, -0.2) is 9.59 Å². The number of H-pyrrole nitrogens is 1. The predicted molar refractivity (Wildman–Crippen MR) is 65.7 cm³/mol. The molecular formula is C11H10F3N3O4. The fourth-order valence-corrected chi connectivity index (χ4v) is 1.39. The minimum Gasteiger partial charge on any atom is -0.475 e. The molecule has 0 fully saturated rings. The summed E-state index contributed by atoms with van der Waals surface area (Å²) in [6.45, 7) is 0. The monoisotopic (exact) mass is 305 g/mol. The number of aryl methyl sites for hydroxylation is 1. The van der Waals surface area contributed by atoms with Crippen LogP contribution >= 0.6 is 0 Å². The Hall–Kier alpha value is -2.78. The van der Waals surface area contributed by atoms with Crippen LogP contribution in [0.4, 0.5) is 13.2 Å². The van der Waals surface area contributed by atoms with Gasteiger partial charge >= 0.3 is 17.8 Å². The molecule has 0 saturated heterocycles. The van der Waals surface area contributed by atoms with Gasteiger partial charge in [0.2, 0.25) is 5.91 Å². The SMILES string of the molecule is Cn1c(=O)[nH]c2cc(C(N)=O)ccc21.O=C(O)C(F)(F)F. The number of alkyl halides is 3. The number of nitrogens with one attached hydrogen (secondary N) is 1. The van der Waals surface area contributed by atoms with E-state index in [0.717, 1.165) is 5.52 Å². The number of nitrogens with zero attached hydrogens (tertiary/aromatic N) is 1. The van der Waals surface area contributed by atoms with Gasteiger partial charge in [0.25, 0.3) is 0 Å². The number of aromatic amines is 1. The van der Waals surface area contributed by atoms with Crippen LogP contribution in [0.1, 0.15) is 10.4 Å². The van der Waals surface area contributed by atoms with E-state index in [1.807, 2.05) is 0 Å². The number of carbonyl (C=O) groups is 2. The van der Waals surface area contributed by atoms with E-state index >= 15 is 0 Å². The number of aliphatic carboxylic acids is 1. The number of hydrogen-bond acceptors (Lipinski definition) is 3. The van der Waals surface area contributed by atoms with E-state index in [2.05, 4.69) is 4.98 Å². The Labute approximate surface area is 114 Å². The van der Waals surface area contributed by atoms with Crippen molar-refractivity contribution < 1.29 is 27.9 Å². The lowest BCUT2D eigenvalue weighted by Gasteiger charge is -1.96. The summed E-state index contributed by atoms with van der Waals surface area (Å²) in [6.07, 6.45) is -5.08. The topological polar surface area (TPSA) is 118 Å². The lowest BCUT2D eigenvalue weighted by Crippen LogP contribution is -2.21. The summed E-state index contributed by atoms with van der Waals surface area (Å²) in [5.41, 5.74) is 6.66. The Balaban J connectivity index is 0.000000270. The van der Waals surface area contributed by atoms with Crippen molar-refractivity contribution in [3.8, 4) is 0 Å². The Kier molecular flexibility index (Phi) is 4.41. The molecule has 1 amide bonds. The van der Waals surface area contributed by atoms with Crippen LogP contribution in [0.15, 0.2) is 23.0 Å². The van der Waals surface area contributed by atoms with E-state index < -0.39 is 18.1 Å². The maximum absolute atomic E-state index is 11.2. The smallest absolute Gasteiger partial charge is 0.475 e. The summed E-state index contributed by atoms with van der Waals surface area (Å²) in [5, 5.41) is 7.12. The molecule has 0 saturated carbocycles. The van der Waals surface area contributed by atoms with Crippen LogP contribution in [-0.4, -0.2) is 32.7 Å². The number of primary amides is 1. The van der Waals surface area contributed by atoms with Crippen LogP contribution in [0.25, 0.3) is 11.0 Å². The highest BCUT2D eigenvalue weighted by Crippen LogP contribution is 2.13. The van der Waals surface area contributed by atoms with Crippen molar-refractivity contribution in [1.29, 1.82) is 0 Å². The Morgan fingerprint density at radius 1 is 1.33 bits per heavy atom. The summed E-state index contributed by atoms with van der Waals surface area (Å²) >= 11 is 0. The largest absolute Gasteiger partial charge is 0.490 e. The Morgan fingerprint density at radius 3 is 2.29 bits per heavy atom. The number of halogens is 3. The Morgan fingerprint density at radius 2 is 1.86 bits per heavy atom. The standard InChI is InChI=1S/C9H9N3O2.C2HF3O2/c1-12-7-3-2-5(8(10)13)4-6(7)11-9(12)14;3-2(4,5)1(6)7/h2-4H,1H3,(H2,10,13)(H,11,14);(H,6,7). The molecule has 2 aromatic rings. The fourth-order valence-electron chi connectivity index (χ4n) is 1.39. The third kappa shape index (κ3) is 3.84. The molecule has 7 nitrogen and oxygen atoms in total. The van der Waals surface area contributed by atoms with Gasteiger partial charge < -0.3 is 15.8 Å². The average Bonchev–Trinajstić information content (AvgIpc) is 2.64. The van der Waals surface area contributed by atoms with Crippen LogP contribution in [0.3, 0.4) is 0 Å². The van der Waals surface area contributed by atoms with Gasteiger partial charge in [0, 0.05) is 12.6 Å². The number of aromatic nitrogens is 2. The van der Waals surface area contributed by atoms with E-state index in [0.29, 0.717) is 11.1 Å². The second-order valence-corrected chi connectivity index (χ2v) is 3.89. The number of carboxylic acids is 1. The molecule has 1 heterocycles. The number of nitrogens with two attached hydrogens (primary N) is 1. The number of hydrogen-bond donors (Lipinski definition) is 3. The maximum Gasteiger partial charge on any atom is 0.490 e. The average molecular weight is 305 g/mol. The van der Waals surface area contributed by atoms with Crippen LogP contribution in [0, 0.1) is 0 Å². The van der Waals surface area contributed by atoms with E-state index in [1.54, 1.807) is 25.2 Å². The van der Waals surface area contributed by atoms with Gasteiger partial charge in [-0.05, 0) is 18.2 Å². The number of carboxylic acid groups (broad SMARTS) is 1. The van der Waals surface area contributed by atoms with Crippen molar-refractivity contribution in [1.82, 2.24) is 9.55 Å². The quantitative estimate of drug-likeness (QED) is 0.714. The zero-order valence-electron chi connectivity index (χ0n) is 10.6. The first-order valence-electron chi connectivity index (χ1n) is 5.32. The molecule has 10 heteroatoms. The lowest BCUT2D eigenvalue weighted by molar-refractivity contribution is -0.192. The van der Waals surface area contributed by atoms with Gasteiger partial charge in [-0.3, -0.25) is 9.36 Å². The third-order valence-electron chi connectivity index (χ3n) is 2.43. The van der Waals surface area contributed by atoms with E-state index in [-0.39, 0.29) is 5.69 Å². The molecule has 0 spiro atoms. The number of imidazole rings is 1. The van der Waals surface area contributed by atoms with Gasteiger partial charge in [-0.1, -0.05) is 0 Å². The van der Waals surface area contributed by atoms with E-state index in [4.69, 9.17) is 15.6 Å². The van der Waals surface area contributed by atoms with Gasteiger partial charge in [0.05, 0.1) is 11.0 Å². The highest BCUT2D eigenvalue weighted by molar-refractivity contribution is 5.96. The summed E-state index contributed by atoms with van der Waals surface area (Å²) < 4.78 is 33.2. The predicted octanol–water partition coefficient (Wildman–Crippen LogP) is 0.599. The van der Waals surface area contributed by atoms with Crippen LogP contribution in [0.5, 0.6) is 0 Å². The third-order valence-corrected chi connectivity index (χ3v) is 2.43. The zero-order chi connectivity index (χ0) is 16.4. The van der Waals surface area contributed by atoms with E-state index in [9.17, 15) is 22.8 Å². The molecule has 0 aliphatic rings. The molecule has 0 aliphatic carbocycles. The number of rotatable bonds is 1. The molecule has 0 aliphatic heterocycles. The first-order valence-corrected chi connectivity index (χ1v) is 5.32. The highest BCUT2D eigenvalue weighted by atomic mass is 19.4. The van der Waals surface area contributed by atoms with Gasteiger partial charge in [0.15, 0.2) is 0 Å². The van der Waals surface area contributed by atoms with Crippen LogP contribution in [0.2, 0.25) is 0 Å². The first-order chi connectivity index (χ1) is 9.54.